The first-order valence-electron chi connectivity index (χ1n) is 11.5. The van der Waals surface area contributed by atoms with Crippen molar-refractivity contribution in [3.63, 3.8) is 0 Å². The number of benzene rings is 3. The molecule has 2 heterocycles. The molecule has 1 fully saturated rings. The van der Waals surface area contributed by atoms with Gasteiger partial charge in [-0.05, 0) is 42.5 Å². The summed E-state index contributed by atoms with van der Waals surface area (Å²) in [6, 6.07) is 26.8. The molecule has 0 amide bonds. The monoisotopic (exact) mass is 501 g/mol. The summed E-state index contributed by atoms with van der Waals surface area (Å²) in [5.74, 6) is 0.416. The number of piperazine rings is 1. The number of anilines is 5. The fraction of sp³-hybridized carbons (Fsp3) is 0.154. The summed E-state index contributed by atoms with van der Waals surface area (Å²) in [5, 5.41) is 14.7. The van der Waals surface area contributed by atoms with Gasteiger partial charge < -0.3 is 9.80 Å². The van der Waals surface area contributed by atoms with Crippen LogP contribution in [-0.2, 0) is 0 Å². The summed E-state index contributed by atoms with van der Waals surface area (Å²) in [6.45, 7) is 2.52. The minimum Gasteiger partial charge on any atom is -0.368 e. The summed E-state index contributed by atoms with van der Waals surface area (Å²) in [5.41, 5.74) is 5.67. The highest BCUT2D eigenvalue weighted by molar-refractivity contribution is 6.30. The number of nitrogens with one attached hydrogen (secondary N) is 1. The fourth-order valence-corrected chi connectivity index (χ4v) is 4.42. The molecule has 0 atom stereocenters. The predicted octanol–water partition coefficient (Wildman–Crippen LogP) is 5.53. The summed E-state index contributed by atoms with van der Waals surface area (Å²) in [4.78, 5) is 24.6. The maximum Gasteiger partial charge on any atom is 0.355 e. The molecule has 1 N–H and O–H groups in total. The molecule has 3 aromatic carbocycles. The lowest BCUT2D eigenvalue weighted by molar-refractivity contribution is -0.383. The Balaban J connectivity index is 1.43. The first-order valence-corrected chi connectivity index (χ1v) is 11.9. The molecular weight excluding hydrogens is 478 g/mol. The molecule has 0 radical (unpaired) electrons. The Bertz CT molecular complexity index is 1290. The summed E-state index contributed by atoms with van der Waals surface area (Å²) >= 11 is 6.15. The van der Waals surface area contributed by atoms with Crippen LogP contribution in [0.2, 0.25) is 5.02 Å². The van der Waals surface area contributed by atoms with Crippen molar-refractivity contribution in [2.45, 2.75) is 0 Å². The van der Waals surface area contributed by atoms with Gasteiger partial charge in [0.2, 0.25) is 11.6 Å². The van der Waals surface area contributed by atoms with Gasteiger partial charge >= 0.3 is 5.69 Å². The second-order valence-electron chi connectivity index (χ2n) is 8.22. The highest BCUT2D eigenvalue weighted by Crippen LogP contribution is 2.35. The van der Waals surface area contributed by atoms with Crippen LogP contribution >= 0.6 is 11.6 Å². The molecule has 1 aromatic heterocycles. The second-order valence-corrected chi connectivity index (χ2v) is 8.66. The summed E-state index contributed by atoms with van der Waals surface area (Å²) in [7, 11) is 0. The number of hydrogen-bond donors (Lipinski definition) is 1. The van der Waals surface area contributed by atoms with Crippen LogP contribution < -0.4 is 20.2 Å². The van der Waals surface area contributed by atoms with E-state index in [1.54, 1.807) is 5.01 Å². The Labute approximate surface area is 213 Å². The SMILES string of the molecule is O=[N+]([O-])c1c(NN(c2ccccc2)c2ccccc2)ncnc1N1CCN(c2cccc(Cl)c2)CC1. The van der Waals surface area contributed by atoms with E-state index in [9.17, 15) is 10.1 Å². The van der Waals surface area contributed by atoms with E-state index in [1.807, 2.05) is 89.8 Å². The molecule has 0 spiro atoms. The maximum atomic E-state index is 12.3. The topological polar surface area (TPSA) is 90.7 Å². The van der Waals surface area contributed by atoms with Crippen LogP contribution in [0.1, 0.15) is 0 Å². The van der Waals surface area contributed by atoms with Gasteiger partial charge in [0, 0.05) is 36.9 Å². The zero-order valence-electron chi connectivity index (χ0n) is 19.4. The van der Waals surface area contributed by atoms with Crippen molar-refractivity contribution in [1.29, 1.82) is 0 Å². The first kappa shape index (κ1) is 23.4. The van der Waals surface area contributed by atoms with Crippen LogP contribution in [0.5, 0.6) is 0 Å². The molecule has 0 aliphatic carbocycles. The fourth-order valence-electron chi connectivity index (χ4n) is 4.24. The number of nitro groups is 1. The van der Waals surface area contributed by atoms with Crippen LogP contribution in [0.15, 0.2) is 91.3 Å². The number of para-hydroxylation sites is 2. The van der Waals surface area contributed by atoms with Gasteiger partial charge in [-0.1, -0.05) is 54.1 Å². The van der Waals surface area contributed by atoms with Crippen LogP contribution in [0.3, 0.4) is 0 Å². The molecule has 0 saturated carbocycles. The van der Waals surface area contributed by atoms with Crippen molar-refractivity contribution in [2.75, 3.05) is 46.4 Å². The lowest BCUT2D eigenvalue weighted by Gasteiger charge is -2.36. The van der Waals surface area contributed by atoms with E-state index < -0.39 is 4.92 Å². The minimum atomic E-state index is -0.421. The van der Waals surface area contributed by atoms with E-state index in [0.29, 0.717) is 37.0 Å². The third-order valence-corrected chi connectivity index (χ3v) is 6.22. The van der Waals surface area contributed by atoms with Crippen molar-refractivity contribution in [2.24, 2.45) is 0 Å². The average molecular weight is 502 g/mol. The summed E-state index contributed by atoms with van der Waals surface area (Å²) < 4.78 is 0. The van der Waals surface area contributed by atoms with Crippen LogP contribution in [0.25, 0.3) is 0 Å². The van der Waals surface area contributed by atoms with Crippen LogP contribution in [0.4, 0.5) is 34.4 Å². The van der Waals surface area contributed by atoms with Crippen molar-refractivity contribution in [3.05, 3.63) is 106 Å². The molecule has 9 nitrogen and oxygen atoms in total. The third kappa shape index (κ3) is 5.01. The van der Waals surface area contributed by atoms with Crippen molar-refractivity contribution < 1.29 is 4.92 Å². The summed E-state index contributed by atoms with van der Waals surface area (Å²) in [6.07, 6.45) is 1.36. The number of hydrazine groups is 1. The van der Waals surface area contributed by atoms with Gasteiger partial charge in [0.1, 0.15) is 6.33 Å². The van der Waals surface area contributed by atoms with Crippen molar-refractivity contribution in [3.8, 4) is 0 Å². The molecule has 182 valence electrons. The molecular formula is C26H24ClN7O2. The lowest BCUT2D eigenvalue weighted by Crippen LogP contribution is -2.47. The average Bonchev–Trinajstić information content (AvgIpc) is 2.92. The number of hydrogen-bond acceptors (Lipinski definition) is 8. The van der Waals surface area contributed by atoms with Crippen LogP contribution in [0, 0.1) is 10.1 Å². The van der Waals surface area contributed by atoms with E-state index in [-0.39, 0.29) is 11.5 Å². The number of rotatable bonds is 7. The Kier molecular flexibility index (Phi) is 6.81. The molecule has 0 bridgehead atoms. The van der Waals surface area contributed by atoms with Gasteiger partial charge in [-0.3, -0.25) is 20.5 Å². The number of aromatic nitrogens is 2. The zero-order chi connectivity index (χ0) is 24.9. The van der Waals surface area contributed by atoms with E-state index in [0.717, 1.165) is 17.1 Å². The molecule has 1 aliphatic rings. The normalized spacial score (nSPS) is 13.4. The molecule has 10 heteroatoms. The van der Waals surface area contributed by atoms with Crippen molar-refractivity contribution in [1.82, 2.24) is 9.97 Å². The molecule has 1 saturated heterocycles. The quantitative estimate of drug-likeness (QED) is 0.261. The molecule has 5 rings (SSSR count). The lowest BCUT2D eigenvalue weighted by atomic mass is 10.2. The van der Waals surface area contributed by atoms with Crippen LogP contribution in [-0.4, -0.2) is 41.1 Å². The van der Waals surface area contributed by atoms with Gasteiger partial charge in [-0.15, -0.1) is 0 Å². The van der Waals surface area contributed by atoms with Gasteiger partial charge in [0.15, 0.2) is 0 Å². The van der Waals surface area contributed by atoms with E-state index in [2.05, 4.69) is 20.3 Å². The molecule has 1 aliphatic heterocycles. The minimum absolute atomic E-state index is 0.120. The van der Waals surface area contributed by atoms with E-state index in [4.69, 9.17) is 11.6 Å². The van der Waals surface area contributed by atoms with Gasteiger partial charge in [0.05, 0.1) is 16.3 Å². The third-order valence-electron chi connectivity index (χ3n) is 5.98. The Morgan fingerprint density at radius 1 is 0.833 bits per heavy atom. The largest absolute Gasteiger partial charge is 0.368 e. The standard InChI is InChI=1S/C26H24ClN7O2/c27-20-8-7-13-23(18-20)31-14-16-32(17-15-31)26-24(34(35)36)25(28-19-29-26)30-33(21-9-3-1-4-10-21)22-11-5-2-6-12-22/h1-13,18-19H,14-17H2,(H,28,29,30). The van der Waals surface area contributed by atoms with Gasteiger partial charge in [-0.25, -0.2) is 9.97 Å². The second kappa shape index (κ2) is 10.5. The molecule has 0 unspecified atom stereocenters. The molecule has 4 aromatic rings. The maximum absolute atomic E-state index is 12.3. The zero-order valence-corrected chi connectivity index (χ0v) is 20.1. The first-order chi connectivity index (χ1) is 17.6. The van der Waals surface area contributed by atoms with Gasteiger partial charge in [-0.2, -0.15) is 0 Å². The Morgan fingerprint density at radius 2 is 1.44 bits per heavy atom. The number of halogens is 1. The van der Waals surface area contributed by atoms with E-state index in [1.165, 1.54) is 6.33 Å². The number of nitrogens with zero attached hydrogens (tertiary/aromatic N) is 6. The highest BCUT2D eigenvalue weighted by atomic mass is 35.5. The predicted molar refractivity (Wildman–Crippen MR) is 143 cm³/mol. The van der Waals surface area contributed by atoms with E-state index >= 15 is 0 Å². The molecule has 36 heavy (non-hydrogen) atoms. The Hall–Kier alpha value is -4.37. The van der Waals surface area contributed by atoms with Crippen molar-refractivity contribution >= 4 is 46.0 Å². The highest BCUT2D eigenvalue weighted by Gasteiger charge is 2.30. The smallest absolute Gasteiger partial charge is 0.355 e. The Morgan fingerprint density at radius 3 is 2.03 bits per heavy atom. The van der Waals surface area contributed by atoms with Gasteiger partial charge in [0.25, 0.3) is 0 Å².